The maximum Gasteiger partial charge on any atom is 0.320 e. The third kappa shape index (κ3) is 1.35. The number of aromatic nitrogens is 3. The summed E-state index contributed by atoms with van der Waals surface area (Å²) in [6, 6.07) is 1.44. The van der Waals surface area contributed by atoms with Gasteiger partial charge < -0.3 is 0 Å². The van der Waals surface area contributed by atoms with Gasteiger partial charge in [0.1, 0.15) is 11.5 Å². The van der Waals surface area contributed by atoms with Crippen molar-refractivity contribution in [2.24, 2.45) is 0 Å². The van der Waals surface area contributed by atoms with Crippen LogP contribution in [-0.4, -0.2) is 14.5 Å². The molecule has 0 amide bonds. The van der Waals surface area contributed by atoms with E-state index in [1.165, 1.54) is 12.3 Å². The first kappa shape index (κ1) is 8.37. The van der Waals surface area contributed by atoms with Gasteiger partial charge in [0.15, 0.2) is 0 Å². The van der Waals surface area contributed by atoms with Gasteiger partial charge in [-0.05, 0) is 0 Å². The average Bonchev–Trinajstić information content (AvgIpc) is 2.46. The Morgan fingerprint density at radius 1 is 1.38 bits per heavy atom. The van der Waals surface area contributed by atoms with Crippen molar-refractivity contribution in [3.8, 4) is 0 Å². The standard InChI is InChI=1S/C7H4ClF2N3/c8-6-1-4-5(2-11-6)13(3-12-4)7(9)10/h1-3,7H. The number of rotatable bonds is 1. The van der Waals surface area contributed by atoms with Crippen molar-refractivity contribution >= 4 is 22.6 Å². The number of imidazole rings is 1. The molecule has 68 valence electrons. The Labute approximate surface area is 77.0 Å². The first-order chi connectivity index (χ1) is 6.18. The zero-order valence-corrected chi connectivity index (χ0v) is 7.04. The quantitative estimate of drug-likeness (QED) is 0.667. The van der Waals surface area contributed by atoms with Crippen molar-refractivity contribution in [3.05, 3.63) is 23.7 Å². The van der Waals surface area contributed by atoms with E-state index in [1.807, 2.05) is 0 Å². The van der Waals surface area contributed by atoms with E-state index in [4.69, 9.17) is 11.6 Å². The molecule has 0 aromatic carbocycles. The minimum Gasteiger partial charge on any atom is -0.271 e. The van der Waals surface area contributed by atoms with Gasteiger partial charge >= 0.3 is 6.55 Å². The summed E-state index contributed by atoms with van der Waals surface area (Å²) in [7, 11) is 0. The minimum absolute atomic E-state index is 0.243. The van der Waals surface area contributed by atoms with Gasteiger partial charge in [-0.25, -0.2) is 9.97 Å². The van der Waals surface area contributed by atoms with Crippen molar-refractivity contribution in [1.29, 1.82) is 0 Å². The molecule has 3 nitrogen and oxygen atoms in total. The molecule has 0 atom stereocenters. The highest BCUT2D eigenvalue weighted by Gasteiger charge is 2.10. The topological polar surface area (TPSA) is 30.7 Å². The fourth-order valence-corrected chi connectivity index (χ4v) is 1.21. The summed E-state index contributed by atoms with van der Waals surface area (Å²) in [5, 5.41) is 0.243. The second kappa shape index (κ2) is 2.92. The molecule has 0 saturated heterocycles. The van der Waals surface area contributed by atoms with Gasteiger partial charge in [-0.2, -0.15) is 8.78 Å². The van der Waals surface area contributed by atoms with E-state index in [9.17, 15) is 8.78 Å². The summed E-state index contributed by atoms with van der Waals surface area (Å²) in [4.78, 5) is 7.45. The molecule has 2 aromatic heterocycles. The lowest BCUT2D eigenvalue weighted by atomic mass is 10.4. The third-order valence-electron chi connectivity index (χ3n) is 1.64. The molecule has 6 heteroatoms. The van der Waals surface area contributed by atoms with Crippen LogP contribution in [0.5, 0.6) is 0 Å². The van der Waals surface area contributed by atoms with Crippen LogP contribution in [0.25, 0.3) is 11.0 Å². The summed E-state index contributed by atoms with van der Waals surface area (Å²) in [5.74, 6) is 0. The number of hydrogen-bond acceptors (Lipinski definition) is 2. The molecule has 0 bridgehead atoms. The van der Waals surface area contributed by atoms with Gasteiger partial charge in [0.05, 0.1) is 17.2 Å². The molecule has 0 aliphatic heterocycles. The van der Waals surface area contributed by atoms with Gasteiger partial charge in [-0.15, -0.1) is 0 Å². The molecule has 0 spiro atoms. The van der Waals surface area contributed by atoms with Crippen LogP contribution in [0.4, 0.5) is 8.78 Å². The number of fused-ring (bicyclic) bond motifs is 1. The Hall–Kier alpha value is -1.23. The smallest absolute Gasteiger partial charge is 0.271 e. The summed E-state index contributed by atoms with van der Waals surface area (Å²) in [6.07, 6.45) is 2.34. The van der Waals surface area contributed by atoms with Gasteiger partial charge in [-0.3, -0.25) is 4.57 Å². The van der Waals surface area contributed by atoms with Crippen LogP contribution >= 0.6 is 11.6 Å². The Morgan fingerprint density at radius 2 is 2.15 bits per heavy atom. The normalized spacial score (nSPS) is 11.4. The van der Waals surface area contributed by atoms with Gasteiger partial charge in [0.2, 0.25) is 0 Å². The maximum atomic E-state index is 12.3. The van der Waals surface area contributed by atoms with Crippen molar-refractivity contribution in [2.45, 2.75) is 6.55 Å². The van der Waals surface area contributed by atoms with E-state index in [-0.39, 0.29) is 10.7 Å². The Kier molecular flexibility index (Phi) is 1.88. The number of halogens is 3. The highest BCUT2D eigenvalue weighted by Crippen LogP contribution is 2.20. The lowest BCUT2D eigenvalue weighted by Gasteiger charge is -1.99. The molecule has 13 heavy (non-hydrogen) atoms. The number of alkyl halides is 2. The molecule has 2 aromatic rings. The van der Waals surface area contributed by atoms with Crippen molar-refractivity contribution in [3.63, 3.8) is 0 Å². The Morgan fingerprint density at radius 3 is 2.85 bits per heavy atom. The second-order valence-corrected chi connectivity index (χ2v) is 2.81. The first-order valence-electron chi connectivity index (χ1n) is 3.45. The zero-order chi connectivity index (χ0) is 9.42. The van der Waals surface area contributed by atoms with Crippen LogP contribution in [0, 0.1) is 0 Å². The van der Waals surface area contributed by atoms with Gasteiger partial charge in [0.25, 0.3) is 0 Å². The van der Waals surface area contributed by atoms with Crippen molar-refractivity contribution < 1.29 is 8.78 Å². The van der Waals surface area contributed by atoms with E-state index < -0.39 is 6.55 Å². The summed E-state index contributed by atoms with van der Waals surface area (Å²) in [6.45, 7) is -2.60. The Bertz CT molecular complexity index is 440. The van der Waals surface area contributed by atoms with E-state index in [0.717, 1.165) is 10.9 Å². The van der Waals surface area contributed by atoms with Crippen LogP contribution in [0.15, 0.2) is 18.6 Å². The summed E-state index contributed by atoms with van der Waals surface area (Å²) < 4.78 is 25.3. The zero-order valence-electron chi connectivity index (χ0n) is 6.28. The van der Waals surface area contributed by atoms with Crippen LogP contribution < -0.4 is 0 Å². The monoisotopic (exact) mass is 203 g/mol. The van der Waals surface area contributed by atoms with Crippen LogP contribution in [0.1, 0.15) is 6.55 Å². The summed E-state index contributed by atoms with van der Waals surface area (Å²) in [5.41, 5.74) is 0.694. The lowest BCUT2D eigenvalue weighted by Crippen LogP contribution is -1.95. The largest absolute Gasteiger partial charge is 0.320 e. The lowest BCUT2D eigenvalue weighted by molar-refractivity contribution is 0.0745. The fourth-order valence-electron chi connectivity index (χ4n) is 1.06. The van der Waals surface area contributed by atoms with Crippen molar-refractivity contribution in [1.82, 2.24) is 14.5 Å². The minimum atomic E-state index is -2.60. The predicted molar refractivity (Wildman–Crippen MR) is 43.8 cm³/mol. The Balaban J connectivity index is 2.69. The molecule has 2 heterocycles. The molecule has 0 N–H and O–H groups in total. The molecular formula is C7H4ClF2N3. The predicted octanol–water partition coefficient (Wildman–Crippen LogP) is 2.48. The molecule has 0 unspecified atom stereocenters. The number of pyridine rings is 1. The fraction of sp³-hybridized carbons (Fsp3) is 0.143. The molecule has 2 rings (SSSR count). The van der Waals surface area contributed by atoms with Gasteiger partial charge in [-0.1, -0.05) is 11.6 Å². The maximum absolute atomic E-state index is 12.3. The number of hydrogen-bond donors (Lipinski definition) is 0. The van der Waals surface area contributed by atoms with Gasteiger partial charge in [0, 0.05) is 6.07 Å². The van der Waals surface area contributed by atoms with Crippen LogP contribution in [0.2, 0.25) is 5.15 Å². The number of nitrogens with zero attached hydrogens (tertiary/aromatic N) is 3. The highest BCUT2D eigenvalue weighted by atomic mass is 35.5. The molecule has 0 aliphatic rings. The van der Waals surface area contributed by atoms with E-state index >= 15 is 0 Å². The molecular weight excluding hydrogens is 200 g/mol. The SMILES string of the molecule is FC(F)n1cnc2cc(Cl)ncc21. The van der Waals surface area contributed by atoms with E-state index in [2.05, 4.69) is 9.97 Å². The van der Waals surface area contributed by atoms with Crippen LogP contribution in [-0.2, 0) is 0 Å². The van der Waals surface area contributed by atoms with E-state index in [0.29, 0.717) is 5.52 Å². The highest BCUT2D eigenvalue weighted by molar-refractivity contribution is 6.29. The average molecular weight is 204 g/mol. The van der Waals surface area contributed by atoms with Crippen LogP contribution in [0.3, 0.4) is 0 Å². The second-order valence-electron chi connectivity index (χ2n) is 2.43. The molecule has 0 saturated carbocycles. The third-order valence-corrected chi connectivity index (χ3v) is 1.84. The summed E-state index contributed by atoms with van der Waals surface area (Å²) >= 11 is 5.56. The molecule has 0 aliphatic carbocycles. The van der Waals surface area contributed by atoms with E-state index in [1.54, 1.807) is 0 Å². The van der Waals surface area contributed by atoms with Crippen molar-refractivity contribution in [2.75, 3.05) is 0 Å². The molecule has 0 radical (unpaired) electrons. The first-order valence-corrected chi connectivity index (χ1v) is 3.82. The molecule has 0 fully saturated rings.